The highest BCUT2D eigenvalue weighted by Crippen LogP contribution is 2.31. The van der Waals surface area contributed by atoms with Crippen LogP contribution < -0.4 is 0 Å². The molecule has 16 heavy (non-hydrogen) atoms. The van der Waals surface area contributed by atoms with E-state index < -0.39 is 11.4 Å². The van der Waals surface area contributed by atoms with Gasteiger partial charge in [0.2, 0.25) is 0 Å². The van der Waals surface area contributed by atoms with Crippen molar-refractivity contribution in [1.82, 2.24) is 4.90 Å². The molecule has 0 saturated carbocycles. The fraction of sp³-hybridized carbons (Fsp3) is 0.462. The van der Waals surface area contributed by atoms with E-state index in [0.717, 1.165) is 6.54 Å². The van der Waals surface area contributed by atoms with Gasteiger partial charge in [-0.25, -0.2) is 0 Å². The number of carboxylic acid groups (broad SMARTS) is 1. The Hall–Kier alpha value is -1.35. The second-order valence-electron chi connectivity index (χ2n) is 5.00. The number of carbonyl (C=O) groups is 1. The van der Waals surface area contributed by atoms with Gasteiger partial charge in [-0.05, 0) is 19.4 Å². The Kier molecular flexibility index (Phi) is 2.72. The van der Waals surface area contributed by atoms with Crippen LogP contribution in [0.3, 0.4) is 0 Å². The number of likely N-dealkylation sites (tertiary alicyclic amines) is 1. The summed E-state index contributed by atoms with van der Waals surface area (Å²) in [4.78, 5) is 13.1. The summed E-state index contributed by atoms with van der Waals surface area (Å²) in [6, 6.07) is 8.38. The summed E-state index contributed by atoms with van der Waals surface area (Å²) in [6.07, 6.45) is 0. The molecule has 0 aromatic heterocycles. The molecule has 86 valence electrons. The fourth-order valence-electron chi connectivity index (χ4n) is 2.14. The molecule has 0 radical (unpaired) electrons. The van der Waals surface area contributed by atoms with Crippen LogP contribution in [-0.2, 0) is 11.3 Å². The number of rotatable bonds is 3. The number of hydrogen-bond acceptors (Lipinski definition) is 2. The van der Waals surface area contributed by atoms with Gasteiger partial charge in [0.05, 0.1) is 5.41 Å². The number of aryl methyl sites for hydroxylation is 1. The predicted molar refractivity (Wildman–Crippen MR) is 62.2 cm³/mol. The van der Waals surface area contributed by atoms with E-state index in [1.165, 1.54) is 11.1 Å². The molecule has 0 amide bonds. The first-order chi connectivity index (χ1) is 7.49. The molecule has 1 heterocycles. The molecule has 3 heteroatoms. The Morgan fingerprint density at radius 2 is 1.94 bits per heavy atom. The monoisotopic (exact) mass is 219 g/mol. The van der Waals surface area contributed by atoms with Gasteiger partial charge in [-0.3, -0.25) is 9.69 Å². The molecule has 3 nitrogen and oxygen atoms in total. The molecule has 0 atom stereocenters. The van der Waals surface area contributed by atoms with Crippen LogP contribution in [0.2, 0.25) is 0 Å². The molecule has 1 aromatic carbocycles. The SMILES string of the molecule is Cc1ccc(CN2CC(C)(C(=O)O)C2)cc1. The van der Waals surface area contributed by atoms with Crippen LogP contribution in [0, 0.1) is 12.3 Å². The van der Waals surface area contributed by atoms with Crippen LogP contribution in [0.4, 0.5) is 0 Å². The summed E-state index contributed by atoms with van der Waals surface area (Å²) in [7, 11) is 0. The highest BCUT2D eigenvalue weighted by molar-refractivity contribution is 5.76. The summed E-state index contributed by atoms with van der Waals surface area (Å²) in [5, 5.41) is 8.99. The van der Waals surface area contributed by atoms with Gasteiger partial charge in [-0.15, -0.1) is 0 Å². The Morgan fingerprint density at radius 3 is 2.44 bits per heavy atom. The van der Waals surface area contributed by atoms with Crippen molar-refractivity contribution in [2.45, 2.75) is 20.4 Å². The first-order valence-corrected chi connectivity index (χ1v) is 5.51. The van der Waals surface area contributed by atoms with E-state index in [2.05, 4.69) is 36.1 Å². The molecule has 1 saturated heterocycles. The molecule has 0 aliphatic carbocycles. The third-order valence-electron chi connectivity index (χ3n) is 3.19. The largest absolute Gasteiger partial charge is 0.481 e. The third kappa shape index (κ3) is 2.09. The van der Waals surface area contributed by atoms with Gasteiger partial charge in [0.25, 0.3) is 0 Å². The molecule has 0 unspecified atom stereocenters. The zero-order chi connectivity index (χ0) is 11.8. The van der Waals surface area contributed by atoms with Crippen LogP contribution in [0.5, 0.6) is 0 Å². The van der Waals surface area contributed by atoms with Crippen molar-refractivity contribution < 1.29 is 9.90 Å². The molecule has 1 aliphatic heterocycles. The van der Waals surface area contributed by atoms with Crippen molar-refractivity contribution in [1.29, 1.82) is 0 Å². The first kappa shape index (κ1) is 11.1. The molecule has 0 spiro atoms. The van der Waals surface area contributed by atoms with E-state index in [0.29, 0.717) is 13.1 Å². The number of hydrogen-bond donors (Lipinski definition) is 1. The van der Waals surface area contributed by atoms with Crippen molar-refractivity contribution >= 4 is 5.97 Å². The van der Waals surface area contributed by atoms with Gasteiger partial charge in [0.15, 0.2) is 0 Å². The van der Waals surface area contributed by atoms with E-state index in [9.17, 15) is 4.79 Å². The number of benzene rings is 1. The van der Waals surface area contributed by atoms with Gasteiger partial charge in [0, 0.05) is 19.6 Å². The first-order valence-electron chi connectivity index (χ1n) is 5.51. The number of aliphatic carboxylic acids is 1. The van der Waals surface area contributed by atoms with E-state index in [1.807, 2.05) is 0 Å². The normalized spacial score (nSPS) is 19.1. The van der Waals surface area contributed by atoms with E-state index in [4.69, 9.17) is 5.11 Å². The van der Waals surface area contributed by atoms with Gasteiger partial charge < -0.3 is 5.11 Å². The highest BCUT2D eigenvalue weighted by Gasteiger charge is 2.44. The Labute approximate surface area is 95.7 Å². The minimum absolute atomic E-state index is 0.537. The Balaban J connectivity index is 1.90. The summed E-state index contributed by atoms with van der Waals surface area (Å²) in [6.45, 7) is 6.02. The van der Waals surface area contributed by atoms with E-state index in [1.54, 1.807) is 6.92 Å². The van der Waals surface area contributed by atoms with Gasteiger partial charge in [-0.2, -0.15) is 0 Å². The second-order valence-corrected chi connectivity index (χ2v) is 5.00. The van der Waals surface area contributed by atoms with Crippen LogP contribution in [0.25, 0.3) is 0 Å². The molecular weight excluding hydrogens is 202 g/mol. The van der Waals surface area contributed by atoms with Crippen molar-refractivity contribution in [3.05, 3.63) is 35.4 Å². The van der Waals surface area contributed by atoms with E-state index >= 15 is 0 Å². The fourth-order valence-corrected chi connectivity index (χ4v) is 2.14. The zero-order valence-electron chi connectivity index (χ0n) is 9.73. The molecule has 1 aromatic rings. The van der Waals surface area contributed by atoms with Crippen molar-refractivity contribution in [3.63, 3.8) is 0 Å². The van der Waals surface area contributed by atoms with Crippen molar-refractivity contribution in [2.24, 2.45) is 5.41 Å². The molecule has 1 aliphatic rings. The minimum atomic E-state index is -0.687. The van der Waals surface area contributed by atoms with Crippen molar-refractivity contribution in [3.8, 4) is 0 Å². The van der Waals surface area contributed by atoms with E-state index in [-0.39, 0.29) is 0 Å². The summed E-state index contributed by atoms with van der Waals surface area (Å²) >= 11 is 0. The lowest BCUT2D eigenvalue weighted by Crippen LogP contribution is -2.58. The summed E-state index contributed by atoms with van der Waals surface area (Å²) in [5.74, 6) is -0.687. The predicted octanol–water partition coefficient (Wildman–Crippen LogP) is 1.90. The minimum Gasteiger partial charge on any atom is -0.481 e. The maximum absolute atomic E-state index is 10.9. The standard InChI is InChI=1S/C13H17NO2/c1-10-3-5-11(6-4-10)7-14-8-13(2,9-14)12(15)16/h3-6H,7-9H2,1-2H3,(H,15,16). The van der Waals surface area contributed by atoms with Crippen LogP contribution in [-0.4, -0.2) is 29.1 Å². The van der Waals surface area contributed by atoms with Gasteiger partial charge in [-0.1, -0.05) is 29.8 Å². The average Bonchev–Trinajstić information content (AvgIpc) is 2.18. The lowest BCUT2D eigenvalue weighted by atomic mass is 9.82. The third-order valence-corrected chi connectivity index (χ3v) is 3.19. The molecule has 2 rings (SSSR count). The van der Waals surface area contributed by atoms with Gasteiger partial charge >= 0.3 is 5.97 Å². The van der Waals surface area contributed by atoms with Crippen LogP contribution in [0.15, 0.2) is 24.3 Å². The molecule has 1 fully saturated rings. The zero-order valence-corrected chi connectivity index (χ0v) is 9.73. The van der Waals surface area contributed by atoms with Crippen LogP contribution in [0.1, 0.15) is 18.1 Å². The van der Waals surface area contributed by atoms with Crippen LogP contribution >= 0.6 is 0 Å². The molecular formula is C13H17NO2. The summed E-state index contributed by atoms with van der Waals surface area (Å²) < 4.78 is 0. The smallest absolute Gasteiger partial charge is 0.311 e. The summed E-state index contributed by atoms with van der Waals surface area (Å²) in [5.41, 5.74) is 1.96. The molecule has 0 bridgehead atoms. The quantitative estimate of drug-likeness (QED) is 0.844. The average molecular weight is 219 g/mol. The maximum Gasteiger partial charge on any atom is 0.311 e. The Bertz CT molecular complexity index is 391. The van der Waals surface area contributed by atoms with Gasteiger partial charge in [0.1, 0.15) is 0 Å². The Morgan fingerprint density at radius 1 is 1.38 bits per heavy atom. The maximum atomic E-state index is 10.9. The van der Waals surface area contributed by atoms with Crippen molar-refractivity contribution in [2.75, 3.05) is 13.1 Å². The number of nitrogens with zero attached hydrogens (tertiary/aromatic N) is 1. The highest BCUT2D eigenvalue weighted by atomic mass is 16.4. The molecule has 1 N–H and O–H groups in total. The number of carboxylic acids is 1. The lowest BCUT2D eigenvalue weighted by molar-refractivity contribution is -0.158. The lowest BCUT2D eigenvalue weighted by Gasteiger charge is -2.45. The second kappa shape index (κ2) is 3.91. The topological polar surface area (TPSA) is 40.5 Å².